The lowest BCUT2D eigenvalue weighted by atomic mass is 9.95. The van der Waals surface area contributed by atoms with E-state index >= 15 is 0 Å². The van der Waals surface area contributed by atoms with Gasteiger partial charge >= 0.3 is 0 Å². The van der Waals surface area contributed by atoms with Crippen LogP contribution >= 0.6 is 11.3 Å². The maximum Gasteiger partial charge on any atom is 0.222 e. The molecule has 244 valence electrons. The van der Waals surface area contributed by atoms with Crippen molar-refractivity contribution in [1.29, 1.82) is 0 Å². The van der Waals surface area contributed by atoms with Gasteiger partial charge in [0.1, 0.15) is 16.8 Å². The molecule has 0 bridgehead atoms. The Labute approximate surface area is 261 Å². The van der Waals surface area contributed by atoms with Crippen molar-refractivity contribution in [3.8, 4) is 0 Å². The second kappa shape index (κ2) is 25.6. The summed E-state index contributed by atoms with van der Waals surface area (Å²) in [5.41, 5.74) is 4.72. The van der Waals surface area contributed by atoms with Crippen molar-refractivity contribution in [2.75, 3.05) is 33.3 Å². The van der Waals surface area contributed by atoms with Crippen LogP contribution in [0.4, 0.5) is 0 Å². The molecule has 2 amide bonds. The highest BCUT2D eigenvalue weighted by Crippen LogP contribution is 2.31. The van der Waals surface area contributed by atoms with E-state index in [1.807, 2.05) is 19.2 Å². The highest BCUT2D eigenvalue weighted by Gasteiger charge is 2.30. The third-order valence-corrected chi connectivity index (χ3v) is 8.39. The Morgan fingerprint density at radius 3 is 2.17 bits per heavy atom. The van der Waals surface area contributed by atoms with Gasteiger partial charge < -0.3 is 20.3 Å². The summed E-state index contributed by atoms with van der Waals surface area (Å²) in [7, 11) is 2.19. The molecule has 2 rings (SSSR count). The number of nitrogens with zero attached hydrogens (tertiary/aromatic N) is 3. The van der Waals surface area contributed by atoms with Gasteiger partial charge in [0.05, 0.1) is 0 Å². The Balaban J connectivity index is 0.00000142. The SMILES string of the molecule is CCCCCCN(C(=O)CCCC)C(CC(OCC)c1nc(C(=O)CCC)cs1)C(C)C.CN1CCCCC1.NC=O. The van der Waals surface area contributed by atoms with E-state index in [9.17, 15) is 9.59 Å². The molecule has 42 heavy (non-hydrogen) atoms. The summed E-state index contributed by atoms with van der Waals surface area (Å²) < 4.78 is 6.11. The van der Waals surface area contributed by atoms with Crippen LogP contribution in [-0.4, -0.2) is 72.2 Å². The number of likely N-dealkylation sites (tertiary alicyclic amines) is 1. The minimum Gasteiger partial charge on any atom is -0.372 e. The molecule has 1 aromatic heterocycles. The number of carbonyl (C=O) groups excluding carboxylic acids is 3. The Kier molecular flexibility index (Phi) is 24.5. The van der Waals surface area contributed by atoms with Gasteiger partial charge in [-0.05, 0) is 65.1 Å². The van der Waals surface area contributed by atoms with Gasteiger partial charge in [0.25, 0.3) is 0 Å². The molecule has 2 N–H and O–H groups in total. The largest absolute Gasteiger partial charge is 0.372 e. The van der Waals surface area contributed by atoms with E-state index in [1.165, 1.54) is 56.5 Å². The summed E-state index contributed by atoms with van der Waals surface area (Å²) >= 11 is 1.50. The fourth-order valence-electron chi connectivity index (χ4n) is 5.05. The van der Waals surface area contributed by atoms with Crippen LogP contribution in [0.5, 0.6) is 0 Å². The molecule has 1 aliphatic rings. The highest BCUT2D eigenvalue weighted by atomic mass is 32.1. The van der Waals surface area contributed by atoms with Gasteiger partial charge in [0.15, 0.2) is 5.78 Å². The van der Waals surface area contributed by atoms with Gasteiger partial charge in [-0.1, -0.05) is 66.7 Å². The summed E-state index contributed by atoms with van der Waals surface area (Å²) in [6, 6.07) is 0.0937. The van der Waals surface area contributed by atoms with Gasteiger partial charge in [-0.25, -0.2) is 4.98 Å². The predicted octanol–water partition coefficient (Wildman–Crippen LogP) is 7.42. The third kappa shape index (κ3) is 17.3. The van der Waals surface area contributed by atoms with Crippen LogP contribution in [0.25, 0.3) is 0 Å². The number of unbranched alkanes of at least 4 members (excludes halogenated alkanes) is 4. The van der Waals surface area contributed by atoms with E-state index in [-0.39, 0.29) is 30.2 Å². The molecule has 1 saturated heterocycles. The summed E-state index contributed by atoms with van der Waals surface area (Å²) in [6.45, 7) is 16.7. The van der Waals surface area contributed by atoms with Gasteiger partial charge in [0.2, 0.25) is 12.3 Å². The number of amides is 2. The molecule has 0 aromatic carbocycles. The van der Waals surface area contributed by atoms with Crippen molar-refractivity contribution < 1.29 is 19.1 Å². The molecule has 0 aliphatic carbocycles. The molecule has 9 heteroatoms. The van der Waals surface area contributed by atoms with Crippen LogP contribution in [-0.2, 0) is 14.3 Å². The molecule has 2 atom stereocenters. The average molecular weight is 611 g/mol. The number of Topliss-reactive ketones (excluding diaryl/α,β-unsaturated/α-hetero) is 1. The van der Waals surface area contributed by atoms with Gasteiger partial charge in [-0.2, -0.15) is 0 Å². The second-order valence-corrected chi connectivity index (χ2v) is 12.4. The number of aromatic nitrogens is 1. The summed E-state index contributed by atoms with van der Waals surface area (Å²) in [5, 5.41) is 2.71. The van der Waals surface area contributed by atoms with Crippen molar-refractivity contribution in [1.82, 2.24) is 14.8 Å². The number of carbonyl (C=O) groups is 3. The number of hydrogen-bond donors (Lipinski definition) is 1. The molecule has 8 nitrogen and oxygen atoms in total. The lowest BCUT2D eigenvalue weighted by molar-refractivity contribution is -0.135. The van der Waals surface area contributed by atoms with Crippen molar-refractivity contribution >= 4 is 29.4 Å². The van der Waals surface area contributed by atoms with E-state index in [2.05, 4.69) is 55.3 Å². The van der Waals surface area contributed by atoms with Crippen molar-refractivity contribution in [2.24, 2.45) is 11.7 Å². The highest BCUT2D eigenvalue weighted by molar-refractivity contribution is 7.09. The smallest absolute Gasteiger partial charge is 0.222 e. The lowest BCUT2D eigenvalue weighted by Crippen LogP contribution is -2.45. The fraction of sp³-hybridized carbons (Fsp3) is 0.818. The first-order chi connectivity index (χ1) is 20.2. The van der Waals surface area contributed by atoms with Crippen LogP contribution in [0.1, 0.15) is 147 Å². The zero-order chi connectivity index (χ0) is 31.8. The lowest BCUT2D eigenvalue weighted by Gasteiger charge is -2.36. The zero-order valence-electron chi connectivity index (χ0n) is 27.9. The molecular weight excluding hydrogens is 548 g/mol. The molecule has 0 radical (unpaired) electrons. The molecule has 0 saturated carbocycles. The van der Waals surface area contributed by atoms with Crippen molar-refractivity contribution in [2.45, 2.75) is 137 Å². The average Bonchev–Trinajstić information content (AvgIpc) is 3.46. The quantitative estimate of drug-likeness (QED) is 0.105. The molecular formula is C33H62N4O4S. The molecule has 1 aromatic rings. The number of nitrogens with two attached hydrogens (primary N) is 1. The first-order valence-electron chi connectivity index (χ1n) is 16.4. The Bertz CT molecular complexity index is 827. The first kappa shape index (κ1) is 40.2. The van der Waals surface area contributed by atoms with Crippen LogP contribution in [0.3, 0.4) is 0 Å². The Morgan fingerprint density at radius 1 is 1.02 bits per heavy atom. The van der Waals surface area contributed by atoms with E-state index < -0.39 is 0 Å². The molecule has 2 unspecified atom stereocenters. The van der Waals surface area contributed by atoms with Gasteiger partial charge in [-0.3, -0.25) is 14.4 Å². The fourth-order valence-corrected chi connectivity index (χ4v) is 5.93. The third-order valence-electron chi connectivity index (χ3n) is 7.45. The monoisotopic (exact) mass is 610 g/mol. The van der Waals surface area contributed by atoms with Crippen LogP contribution in [0.2, 0.25) is 0 Å². The number of thiazole rings is 1. The minimum atomic E-state index is -0.197. The summed E-state index contributed by atoms with van der Waals surface area (Å²) in [4.78, 5) is 43.2. The van der Waals surface area contributed by atoms with Gasteiger partial charge in [0, 0.05) is 43.8 Å². The van der Waals surface area contributed by atoms with Crippen molar-refractivity contribution in [3.63, 3.8) is 0 Å². The molecule has 1 fully saturated rings. The second-order valence-electron chi connectivity index (χ2n) is 11.5. The van der Waals surface area contributed by atoms with E-state index in [0.717, 1.165) is 43.7 Å². The number of hydrogen-bond acceptors (Lipinski definition) is 7. The zero-order valence-corrected chi connectivity index (χ0v) is 28.7. The number of piperidine rings is 1. The summed E-state index contributed by atoms with van der Waals surface area (Å²) in [5.74, 6) is 0.670. The first-order valence-corrected chi connectivity index (χ1v) is 17.3. The number of ketones is 1. The number of primary amides is 1. The minimum absolute atomic E-state index is 0.0937. The standard InChI is InChI=1S/C26H46N2O3S.C6H13N.CH3NO/c1-7-11-13-14-17-28(25(30)16-12-8-2)22(20(5)6)18-24(31-10-4)26-27-21(19-32-26)23(29)15-9-3;1-7-5-3-2-4-6-7;2-1-3/h19-20,22,24H,7-18H2,1-6H3;2-6H2,1H3;1H,(H2,2,3). The number of ether oxygens (including phenoxy) is 1. The normalized spacial score (nSPS) is 14.7. The van der Waals surface area contributed by atoms with E-state index in [4.69, 9.17) is 9.53 Å². The Hall–Kier alpha value is -1.84. The number of rotatable bonds is 18. The molecule has 2 heterocycles. The van der Waals surface area contributed by atoms with E-state index in [1.54, 1.807) is 0 Å². The molecule has 1 aliphatic heterocycles. The Morgan fingerprint density at radius 2 is 1.67 bits per heavy atom. The van der Waals surface area contributed by atoms with Crippen LogP contribution < -0.4 is 5.73 Å². The van der Waals surface area contributed by atoms with Crippen molar-refractivity contribution in [3.05, 3.63) is 16.1 Å². The van der Waals surface area contributed by atoms with Crippen LogP contribution in [0.15, 0.2) is 5.38 Å². The maximum atomic E-state index is 13.2. The predicted molar refractivity (Wildman–Crippen MR) is 176 cm³/mol. The summed E-state index contributed by atoms with van der Waals surface area (Å²) in [6.07, 6.45) is 13.5. The van der Waals surface area contributed by atoms with Gasteiger partial charge in [-0.15, -0.1) is 11.3 Å². The van der Waals surface area contributed by atoms with Crippen LogP contribution in [0, 0.1) is 5.92 Å². The maximum absolute atomic E-state index is 13.2. The van der Waals surface area contributed by atoms with E-state index in [0.29, 0.717) is 37.5 Å². The topological polar surface area (TPSA) is 106 Å². The molecule has 0 spiro atoms.